The third kappa shape index (κ3) is 6.65. The molecule has 0 radical (unpaired) electrons. The molecule has 0 aliphatic carbocycles. The van der Waals surface area contributed by atoms with Crippen LogP contribution in [0, 0.1) is 11.5 Å². The van der Waals surface area contributed by atoms with Gasteiger partial charge in [-0.1, -0.05) is 19.6 Å². The maximum absolute atomic E-state index is 11.3. The molecule has 0 bridgehead atoms. The molecule has 5 heteroatoms. The summed E-state index contributed by atoms with van der Waals surface area (Å²) in [6.07, 6.45) is -1.47. The molecule has 0 fully saturated rings. The van der Waals surface area contributed by atoms with E-state index in [2.05, 4.69) is 31.1 Å². The van der Waals surface area contributed by atoms with Gasteiger partial charge in [-0.05, 0) is 27.7 Å². The van der Waals surface area contributed by atoms with Crippen LogP contribution in [0.2, 0.25) is 19.6 Å². The molecule has 110 valence electrons. The number of carboxylic acid groups (broad SMARTS) is 1. The Morgan fingerprint density at radius 2 is 1.79 bits per heavy atom. The van der Waals surface area contributed by atoms with E-state index in [4.69, 9.17) is 0 Å². The first-order valence-electron chi connectivity index (χ1n) is 6.56. The van der Waals surface area contributed by atoms with E-state index in [1.165, 1.54) is 4.90 Å². The van der Waals surface area contributed by atoms with E-state index in [9.17, 15) is 15.0 Å². The van der Waals surface area contributed by atoms with Crippen molar-refractivity contribution in [3.8, 4) is 11.5 Å². The van der Waals surface area contributed by atoms with E-state index >= 15 is 0 Å². The Labute approximate surface area is 117 Å². The van der Waals surface area contributed by atoms with E-state index in [1.807, 2.05) is 20.8 Å². The summed E-state index contributed by atoms with van der Waals surface area (Å²) in [5.74, 6) is 2.99. The minimum absolute atomic E-state index is 0.311. The van der Waals surface area contributed by atoms with Gasteiger partial charge in [0.05, 0.1) is 12.1 Å². The highest BCUT2D eigenvalue weighted by atomic mass is 28.3. The van der Waals surface area contributed by atoms with E-state index in [-0.39, 0.29) is 0 Å². The Morgan fingerprint density at radius 1 is 1.32 bits per heavy atom. The van der Waals surface area contributed by atoms with Gasteiger partial charge in [-0.15, -0.1) is 11.5 Å². The molecule has 0 saturated heterocycles. The lowest BCUT2D eigenvalue weighted by molar-refractivity contribution is 0.0170. The average Bonchev–Trinajstić information content (AvgIpc) is 2.11. The summed E-state index contributed by atoms with van der Waals surface area (Å²) in [7, 11) is -1.45. The van der Waals surface area contributed by atoms with Crippen LogP contribution in [0.15, 0.2) is 0 Å². The highest BCUT2D eigenvalue weighted by molar-refractivity contribution is 6.83. The van der Waals surface area contributed by atoms with Gasteiger partial charge in [0.15, 0.2) is 0 Å². The minimum Gasteiger partial charge on any atom is -0.465 e. The van der Waals surface area contributed by atoms with Crippen LogP contribution in [0.3, 0.4) is 0 Å². The summed E-state index contributed by atoms with van der Waals surface area (Å²) in [6, 6.07) is -0.478. The van der Waals surface area contributed by atoms with Gasteiger partial charge in [0.1, 0.15) is 8.07 Å². The summed E-state index contributed by atoms with van der Waals surface area (Å²) in [4.78, 5) is 12.6. The molecule has 2 atom stereocenters. The molecule has 1 amide bonds. The zero-order valence-electron chi connectivity index (χ0n) is 13.1. The first kappa shape index (κ1) is 18.0. The largest absolute Gasteiger partial charge is 0.465 e. The normalized spacial score (nSPS) is 15.2. The molecule has 0 rings (SSSR count). The molecule has 4 nitrogen and oxygen atoms in total. The molecule has 0 saturated carbocycles. The van der Waals surface area contributed by atoms with Gasteiger partial charge in [-0.2, -0.15) is 0 Å². The van der Waals surface area contributed by atoms with Crippen LogP contribution >= 0.6 is 0 Å². The van der Waals surface area contributed by atoms with Gasteiger partial charge in [-0.25, -0.2) is 4.79 Å². The fourth-order valence-electron chi connectivity index (χ4n) is 1.84. The van der Waals surface area contributed by atoms with Gasteiger partial charge in [0.25, 0.3) is 0 Å². The van der Waals surface area contributed by atoms with Crippen molar-refractivity contribution in [1.29, 1.82) is 0 Å². The number of rotatable bonds is 3. The van der Waals surface area contributed by atoms with Crippen LogP contribution < -0.4 is 0 Å². The number of nitrogens with zero attached hydrogens (tertiary/aromatic N) is 1. The van der Waals surface area contributed by atoms with E-state index in [1.54, 1.807) is 6.92 Å². The zero-order valence-corrected chi connectivity index (χ0v) is 14.1. The molecule has 0 heterocycles. The molecule has 0 aliphatic heterocycles. The molecule has 0 unspecified atom stereocenters. The summed E-state index contributed by atoms with van der Waals surface area (Å²) in [5.41, 5.74) is 2.63. The molecular weight excluding hydrogens is 258 g/mol. The number of aliphatic hydroxyl groups is 1. The number of hydrogen-bond acceptors (Lipinski definition) is 2. The maximum atomic E-state index is 11.3. The highest BCUT2D eigenvalue weighted by Gasteiger charge is 2.34. The van der Waals surface area contributed by atoms with Gasteiger partial charge < -0.3 is 10.2 Å². The third-order valence-corrected chi connectivity index (χ3v) is 3.59. The second kappa shape index (κ2) is 6.44. The van der Waals surface area contributed by atoms with Crippen molar-refractivity contribution < 1.29 is 15.0 Å². The van der Waals surface area contributed by atoms with Crippen molar-refractivity contribution in [2.45, 2.75) is 71.4 Å². The predicted octanol–water partition coefficient (Wildman–Crippen LogP) is 2.79. The molecular formula is C14H27NO3Si. The minimum atomic E-state index is -1.45. The monoisotopic (exact) mass is 285 g/mol. The van der Waals surface area contributed by atoms with Crippen LogP contribution in [0.1, 0.15) is 34.1 Å². The van der Waals surface area contributed by atoms with Crippen molar-refractivity contribution in [2.75, 3.05) is 0 Å². The fourth-order valence-corrected chi connectivity index (χ4v) is 2.47. The fraction of sp³-hybridized carbons (Fsp3) is 0.786. The SMILES string of the molecule is C[C@@H]([C@@H](O)CC#C[Si](C)(C)C)N(C(=O)O)C(C)(C)C. The van der Waals surface area contributed by atoms with Crippen LogP contribution in [0.5, 0.6) is 0 Å². The zero-order chi connectivity index (χ0) is 15.4. The summed E-state index contributed by atoms with van der Waals surface area (Å²) in [5, 5.41) is 19.4. The summed E-state index contributed by atoms with van der Waals surface area (Å²) < 4.78 is 0. The maximum Gasteiger partial charge on any atom is 0.408 e. The lowest BCUT2D eigenvalue weighted by Crippen LogP contribution is -2.54. The lowest BCUT2D eigenvalue weighted by Gasteiger charge is -2.39. The molecule has 0 aromatic rings. The Hall–Kier alpha value is -0.993. The Bertz CT molecular complexity index is 371. The van der Waals surface area contributed by atoms with Crippen LogP contribution in [-0.2, 0) is 0 Å². The number of amides is 1. The van der Waals surface area contributed by atoms with Crippen molar-refractivity contribution in [2.24, 2.45) is 0 Å². The van der Waals surface area contributed by atoms with E-state index in [0.717, 1.165) is 0 Å². The second-order valence-electron chi connectivity index (χ2n) is 6.89. The van der Waals surface area contributed by atoms with Crippen molar-refractivity contribution in [1.82, 2.24) is 4.90 Å². The summed E-state index contributed by atoms with van der Waals surface area (Å²) in [6.45, 7) is 13.6. The Kier molecular flexibility index (Phi) is 6.11. The molecule has 2 N–H and O–H groups in total. The highest BCUT2D eigenvalue weighted by Crippen LogP contribution is 2.20. The summed E-state index contributed by atoms with van der Waals surface area (Å²) >= 11 is 0. The first-order chi connectivity index (χ1) is 8.36. The number of hydrogen-bond donors (Lipinski definition) is 2. The molecule has 0 spiro atoms. The first-order valence-corrected chi connectivity index (χ1v) is 10.1. The van der Waals surface area contributed by atoms with Crippen LogP contribution in [0.25, 0.3) is 0 Å². The number of aliphatic hydroxyl groups excluding tert-OH is 1. The third-order valence-electron chi connectivity index (χ3n) is 2.67. The molecule has 0 aromatic heterocycles. The van der Waals surface area contributed by atoms with Crippen LogP contribution in [0.4, 0.5) is 4.79 Å². The topological polar surface area (TPSA) is 60.8 Å². The second-order valence-corrected chi connectivity index (χ2v) is 11.6. The molecule has 19 heavy (non-hydrogen) atoms. The Balaban J connectivity index is 4.83. The van der Waals surface area contributed by atoms with E-state index in [0.29, 0.717) is 6.42 Å². The van der Waals surface area contributed by atoms with Gasteiger partial charge in [-0.3, -0.25) is 4.90 Å². The average molecular weight is 285 g/mol. The van der Waals surface area contributed by atoms with Gasteiger partial charge in [0.2, 0.25) is 0 Å². The van der Waals surface area contributed by atoms with Crippen molar-refractivity contribution in [3.05, 3.63) is 0 Å². The van der Waals surface area contributed by atoms with Crippen molar-refractivity contribution in [3.63, 3.8) is 0 Å². The van der Waals surface area contributed by atoms with Gasteiger partial charge >= 0.3 is 6.09 Å². The van der Waals surface area contributed by atoms with E-state index < -0.39 is 31.9 Å². The van der Waals surface area contributed by atoms with Crippen LogP contribution in [-0.4, -0.2) is 47.0 Å². The molecule has 0 aliphatic rings. The standard InChI is InChI=1S/C14H27NO3Si/c1-11(15(13(17)18)14(2,3)4)12(16)9-8-10-19(5,6)7/h11-12,16H,9H2,1-7H3,(H,17,18)/t11-,12-/m0/s1. The lowest BCUT2D eigenvalue weighted by atomic mass is 10.0. The number of carbonyl (C=O) groups is 1. The van der Waals surface area contributed by atoms with Gasteiger partial charge in [0, 0.05) is 12.0 Å². The predicted molar refractivity (Wildman–Crippen MR) is 80.8 cm³/mol. The quantitative estimate of drug-likeness (QED) is 0.619. The van der Waals surface area contributed by atoms with Crippen molar-refractivity contribution >= 4 is 14.2 Å². The molecule has 0 aromatic carbocycles. The smallest absolute Gasteiger partial charge is 0.408 e. The Morgan fingerprint density at radius 3 is 2.11 bits per heavy atom.